The second-order valence-corrected chi connectivity index (χ2v) is 6.63. The molecule has 1 aliphatic heterocycles. The van der Waals surface area contributed by atoms with Crippen LogP contribution in [0.25, 0.3) is 0 Å². The van der Waals surface area contributed by atoms with Crippen molar-refractivity contribution >= 4 is 5.96 Å². The van der Waals surface area contributed by atoms with Crippen molar-refractivity contribution in [3.8, 4) is 0 Å². The van der Waals surface area contributed by atoms with E-state index in [1.807, 2.05) is 7.05 Å². The Balaban J connectivity index is 1.57. The number of piperazine rings is 1. The van der Waals surface area contributed by atoms with Crippen molar-refractivity contribution in [3.05, 3.63) is 35.4 Å². The number of aryl methyl sites for hydroxylation is 1. The van der Waals surface area contributed by atoms with Crippen LogP contribution in [0.15, 0.2) is 29.3 Å². The first-order valence-corrected chi connectivity index (χ1v) is 9.09. The maximum absolute atomic E-state index is 4.31. The Morgan fingerprint density at radius 3 is 2.54 bits per heavy atom. The summed E-state index contributed by atoms with van der Waals surface area (Å²) in [7, 11) is 4.04. The minimum Gasteiger partial charge on any atom is -0.356 e. The third kappa shape index (κ3) is 6.49. The molecular formula is C19H33N5. The summed E-state index contributed by atoms with van der Waals surface area (Å²) >= 11 is 0. The first-order valence-electron chi connectivity index (χ1n) is 9.09. The number of aliphatic imine (C=N–C) groups is 1. The van der Waals surface area contributed by atoms with Crippen LogP contribution >= 0.6 is 0 Å². The molecule has 2 rings (SSSR count). The van der Waals surface area contributed by atoms with Gasteiger partial charge >= 0.3 is 0 Å². The molecule has 2 N–H and O–H groups in total. The Kier molecular flexibility index (Phi) is 8.05. The smallest absolute Gasteiger partial charge is 0.191 e. The van der Waals surface area contributed by atoms with E-state index in [9.17, 15) is 0 Å². The molecule has 0 aromatic heterocycles. The predicted molar refractivity (Wildman–Crippen MR) is 103 cm³/mol. The van der Waals surface area contributed by atoms with Crippen molar-refractivity contribution in [1.29, 1.82) is 0 Å². The fourth-order valence-corrected chi connectivity index (χ4v) is 2.95. The molecule has 1 aromatic rings. The van der Waals surface area contributed by atoms with Gasteiger partial charge in [0.2, 0.25) is 0 Å². The molecule has 1 fully saturated rings. The minimum atomic E-state index is 0.813. The van der Waals surface area contributed by atoms with E-state index in [0.29, 0.717) is 0 Å². The van der Waals surface area contributed by atoms with Gasteiger partial charge in [-0.15, -0.1) is 0 Å². The molecule has 0 bridgehead atoms. The third-order valence-corrected chi connectivity index (χ3v) is 4.72. The summed E-state index contributed by atoms with van der Waals surface area (Å²) in [5.74, 6) is 0.887. The molecule has 1 aromatic carbocycles. The van der Waals surface area contributed by atoms with E-state index in [1.165, 1.54) is 56.7 Å². The van der Waals surface area contributed by atoms with E-state index in [0.717, 1.165) is 19.0 Å². The normalized spacial score (nSPS) is 17.0. The van der Waals surface area contributed by atoms with Crippen molar-refractivity contribution in [2.45, 2.75) is 26.3 Å². The molecule has 0 spiro atoms. The maximum atomic E-state index is 4.31. The number of likely N-dealkylation sites (N-methyl/N-ethyl adjacent to an activating group) is 1. The Morgan fingerprint density at radius 1 is 1.08 bits per heavy atom. The van der Waals surface area contributed by atoms with Gasteiger partial charge in [0.25, 0.3) is 0 Å². The molecule has 0 aliphatic carbocycles. The molecule has 0 saturated carbocycles. The Labute approximate surface area is 147 Å². The highest BCUT2D eigenvalue weighted by Crippen LogP contribution is 2.06. The number of benzene rings is 1. The predicted octanol–water partition coefficient (Wildman–Crippen LogP) is 1.69. The van der Waals surface area contributed by atoms with Crippen LogP contribution in [-0.2, 0) is 6.54 Å². The summed E-state index contributed by atoms with van der Waals surface area (Å²) in [6, 6.07) is 8.46. The highest BCUT2D eigenvalue weighted by Gasteiger charge is 2.12. The van der Waals surface area contributed by atoms with Crippen molar-refractivity contribution in [1.82, 2.24) is 20.4 Å². The van der Waals surface area contributed by atoms with Crippen molar-refractivity contribution in [3.63, 3.8) is 0 Å². The summed E-state index contributed by atoms with van der Waals surface area (Å²) in [6.45, 7) is 9.97. The lowest BCUT2D eigenvalue weighted by molar-refractivity contribution is 0.152. The molecule has 24 heavy (non-hydrogen) atoms. The molecule has 1 saturated heterocycles. The van der Waals surface area contributed by atoms with Gasteiger partial charge in [0.15, 0.2) is 5.96 Å². The fourth-order valence-electron chi connectivity index (χ4n) is 2.95. The molecule has 5 nitrogen and oxygen atoms in total. The molecule has 1 aliphatic rings. The van der Waals surface area contributed by atoms with Gasteiger partial charge in [-0.2, -0.15) is 0 Å². The van der Waals surface area contributed by atoms with Crippen LogP contribution in [0.1, 0.15) is 24.0 Å². The van der Waals surface area contributed by atoms with E-state index in [4.69, 9.17) is 0 Å². The number of unbranched alkanes of at least 4 members (excludes halogenated alkanes) is 1. The van der Waals surface area contributed by atoms with Gasteiger partial charge in [0, 0.05) is 46.3 Å². The molecule has 5 heteroatoms. The quantitative estimate of drug-likeness (QED) is 0.453. The Morgan fingerprint density at radius 2 is 1.83 bits per heavy atom. The number of hydrogen-bond acceptors (Lipinski definition) is 3. The summed E-state index contributed by atoms with van der Waals surface area (Å²) < 4.78 is 0. The van der Waals surface area contributed by atoms with E-state index in [2.05, 4.69) is 63.7 Å². The van der Waals surface area contributed by atoms with Crippen LogP contribution in [-0.4, -0.2) is 69.1 Å². The molecule has 0 amide bonds. The summed E-state index contributed by atoms with van der Waals surface area (Å²) in [5, 5.41) is 6.81. The molecular weight excluding hydrogens is 298 g/mol. The van der Waals surface area contributed by atoms with Gasteiger partial charge in [-0.1, -0.05) is 24.3 Å². The van der Waals surface area contributed by atoms with Gasteiger partial charge in [-0.05, 0) is 44.5 Å². The average Bonchev–Trinajstić information content (AvgIpc) is 2.60. The van der Waals surface area contributed by atoms with Gasteiger partial charge in [-0.25, -0.2) is 0 Å². The molecule has 0 unspecified atom stereocenters. The van der Waals surface area contributed by atoms with Crippen LogP contribution in [0.2, 0.25) is 0 Å². The van der Waals surface area contributed by atoms with E-state index in [-0.39, 0.29) is 0 Å². The van der Waals surface area contributed by atoms with Crippen LogP contribution in [0.4, 0.5) is 0 Å². The highest BCUT2D eigenvalue weighted by atomic mass is 15.2. The lowest BCUT2D eigenvalue weighted by Gasteiger charge is -2.32. The second-order valence-electron chi connectivity index (χ2n) is 6.63. The second kappa shape index (κ2) is 10.3. The summed E-state index contributed by atoms with van der Waals surface area (Å²) in [4.78, 5) is 9.29. The van der Waals surface area contributed by atoms with Crippen LogP contribution in [0.3, 0.4) is 0 Å². The van der Waals surface area contributed by atoms with Crippen molar-refractivity contribution in [2.24, 2.45) is 4.99 Å². The minimum absolute atomic E-state index is 0.813. The zero-order valence-corrected chi connectivity index (χ0v) is 15.5. The van der Waals surface area contributed by atoms with Gasteiger partial charge in [-0.3, -0.25) is 4.99 Å². The fraction of sp³-hybridized carbons (Fsp3) is 0.632. The number of nitrogens with one attached hydrogen (secondary N) is 2. The van der Waals surface area contributed by atoms with E-state index >= 15 is 0 Å². The lowest BCUT2D eigenvalue weighted by Crippen LogP contribution is -2.44. The highest BCUT2D eigenvalue weighted by molar-refractivity contribution is 5.79. The van der Waals surface area contributed by atoms with Gasteiger partial charge < -0.3 is 20.4 Å². The summed E-state index contributed by atoms with van der Waals surface area (Å²) in [6.07, 6.45) is 2.42. The molecule has 0 radical (unpaired) electrons. The molecule has 0 atom stereocenters. The number of hydrogen-bond donors (Lipinski definition) is 2. The Hall–Kier alpha value is -1.59. The van der Waals surface area contributed by atoms with Crippen molar-refractivity contribution in [2.75, 3.05) is 53.4 Å². The molecule has 134 valence electrons. The zero-order chi connectivity index (χ0) is 17.2. The summed E-state index contributed by atoms with van der Waals surface area (Å²) in [5.41, 5.74) is 2.63. The first-order chi connectivity index (χ1) is 11.7. The third-order valence-electron chi connectivity index (χ3n) is 4.72. The number of rotatable bonds is 7. The largest absolute Gasteiger partial charge is 0.356 e. The maximum Gasteiger partial charge on any atom is 0.191 e. The van der Waals surface area contributed by atoms with Gasteiger partial charge in [0.05, 0.1) is 0 Å². The topological polar surface area (TPSA) is 42.9 Å². The van der Waals surface area contributed by atoms with Crippen LogP contribution in [0, 0.1) is 6.92 Å². The van der Waals surface area contributed by atoms with Crippen LogP contribution < -0.4 is 10.6 Å². The monoisotopic (exact) mass is 331 g/mol. The Bertz CT molecular complexity index is 506. The van der Waals surface area contributed by atoms with E-state index < -0.39 is 0 Å². The lowest BCUT2D eigenvalue weighted by atomic mass is 10.1. The number of guanidine groups is 1. The SMILES string of the molecule is CN=C(NCCCCN1CCN(C)CC1)NCc1ccccc1C. The average molecular weight is 332 g/mol. The van der Waals surface area contributed by atoms with Gasteiger partial charge in [0.1, 0.15) is 0 Å². The molecule has 1 heterocycles. The number of nitrogens with zero attached hydrogens (tertiary/aromatic N) is 3. The zero-order valence-electron chi connectivity index (χ0n) is 15.5. The standard InChI is InChI=1S/C19H33N5/c1-17-8-4-5-9-18(17)16-22-19(20-2)21-10-6-7-11-24-14-12-23(3)13-15-24/h4-5,8-9H,6-7,10-16H2,1-3H3,(H2,20,21,22). The van der Waals surface area contributed by atoms with E-state index in [1.54, 1.807) is 0 Å². The first kappa shape index (κ1) is 18.7. The van der Waals surface area contributed by atoms with Crippen molar-refractivity contribution < 1.29 is 0 Å². The van der Waals surface area contributed by atoms with Crippen LogP contribution in [0.5, 0.6) is 0 Å².